The Kier molecular flexibility index (Phi) is 17.7. The number of pyridine rings is 1. The SMILES string of the molecule is CCNC(=O)C(=O)CC[C@H](NC(=O)c1ccncc1C(=O)O)C(=O)N[C@H](C(=O)N1CC(=O)CC[C@H]1C(=O)N[C@H](C(=O)N[C@H](C(N)=O)C1CCCCC1)C1CCCCC1)C(C)(C)C. The fraction of sp³-hybridized carbons (Fsp3) is 0.651. The van der Waals surface area contributed by atoms with Gasteiger partial charge in [0.15, 0.2) is 5.78 Å². The van der Waals surface area contributed by atoms with Gasteiger partial charge in [0.1, 0.15) is 30.2 Å². The second-order valence-corrected chi connectivity index (χ2v) is 17.6. The van der Waals surface area contributed by atoms with Crippen molar-refractivity contribution in [1.29, 1.82) is 0 Å². The number of hydrogen-bond donors (Lipinski definition) is 7. The molecule has 5 atom stereocenters. The summed E-state index contributed by atoms with van der Waals surface area (Å²) in [4.78, 5) is 138. The third-order valence-corrected chi connectivity index (χ3v) is 12.0. The monoisotopic (exact) mass is 866 g/mol. The van der Waals surface area contributed by atoms with E-state index in [1.54, 1.807) is 27.7 Å². The van der Waals surface area contributed by atoms with Gasteiger partial charge in [-0.15, -0.1) is 0 Å². The molecule has 1 aliphatic heterocycles. The number of amides is 7. The van der Waals surface area contributed by atoms with E-state index in [1.807, 2.05) is 0 Å². The quantitative estimate of drug-likeness (QED) is 0.102. The Hall–Kier alpha value is -5.75. The molecule has 19 heteroatoms. The zero-order valence-corrected chi connectivity index (χ0v) is 36.1. The summed E-state index contributed by atoms with van der Waals surface area (Å²) in [6.45, 7) is 6.17. The minimum atomic E-state index is -1.58. The van der Waals surface area contributed by atoms with Crippen LogP contribution in [0.2, 0.25) is 0 Å². The Bertz CT molecular complexity index is 1870. The molecule has 8 N–H and O–H groups in total. The molecule has 0 bridgehead atoms. The molecule has 0 unspecified atom stereocenters. The van der Waals surface area contributed by atoms with E-state index in [4.69, 9.17) is 5.73 Å². The second-order valence-electron chi connectivity index (χ2n) is 17.6. The largest absolute Gasteiger partial charge is 0.478 e. The number of likely N-dealkylation sites (tertiary alicyclic amines) is 1. The van der Waals surface area contributed by atoms with Crippen LogP contribution in [0.3, 0.4) is 0 Å². The molecule has 2 heterocycles. The van der Waals surface area contributed by atoms with Gasteiger partial charge in [0.2, 0.25) is 35.3 Å². The van der Waals surface area contributed by atoms with Crippen molar-refractivity contribution < 1.29 is 53.1 Å². The van der Waals surface area contributed by atoms with E-state index in [2.05, 4.69) is 31.6 Å². The van der Waals surface area contributed by atoms with Crippen LogP contribution < -0.4 is 32.3 Å². The summed E-state index contributed by atoms with van der Waals surface area (Å²) >= 11 is 0. The van der Waals surface area contributed by atoms with Crippen LogP contribution >= 0.6 is 0 Å². The first kappa shape index (κ1) is 48.9. The Morgan fingerprint density at radius 2 is 1.44 bits per heavy atom. The first-order valence-electron chi connectivity index (χ1n) is 21.7. The number of likely N-dealkylation sites (N-methyl/N-ethyl adjacent to an activating group) is 1. The molecular weight excluding hydrogens is 805 g/mol. The molecule has 0 aromatic carbocycles. The maximum absolute atomic E-state index is 14.7. The number of Topliss-reactive ketones (excluding diaryl/α,β-unsaturated/α-hetero) is 2. The van der Waals surface area contributed by atoms with Crippen LogP contribution in [-0.2, 0) is 38.4 Å². The van der Waals surface area contributed by atoms with Crippen molar-refractivity contribution in [2.24, 2.45) is 23.0 Å². The molecule has 0 radical (unpaired) electrons. The van der Waals surface area contributed by atoms with Crippen LogP contribution in [0, 0.1) is 17.3 Å². The smallest absolute Gasteiger partial charge is 0.338 e. The van der Waals surface area contributed by atoms with Crippen molar-refractivity contribution in [2.45, 2.75) is 148 Å². The van der Waals surface area contributed by atoms with Crippen LogP contribution in [0.15, 0.2) is 18.5 Å². The van der Waals surface area contributed by atoms with Crippen LogP contribution in [-0.4, -0.2) is 117 Å². The maximum Gasteiger partial charge on any atom is 0.338 e. The molecule has 2 saturated carbocycles. The summed E-state index contributed by atoms with van der Waals surface area (Å²) in [5.74, 6) is -8.72. The predicted molar refractivity (Wildman–Crippen MR) is 223 cm³/mol. The molecule has 7 amide bonds. The average molecular weight is 867 g/mol. The minimum absolute atomic E-state index is 0.0405. The Balaban J connectivity index is 1.61. The van der Waals surface area contributed by atoms with Crippen LogP contribution in [0.1, 0.15) is 138 Å². The Morgan fingerprint density at radius 1 is 0.823 bits per heavy atom. The molecule has 3 fully saturated rings. The van der Waals surface area contributed by atoms with Gasteiger partial charge in [-0.2, -0.15) is 0 Å². The summed E-state index contributed by atoms with van der Waals surface area (Å²) in [5.41, 5.74) is 3.89. The number of carbonyl (C=O) groups is 10. The first-order chi connectivity index (χ1) is 29.3. The van der Waals surface area contributed by atoms with Crippen molar-refractivity contribution in [3.63, 3.8) is 0 Å². The molecule has 0 spiro atoms. The van der Waals surface area contributed by atoms with Crippen LogP contribution in [0.25, 0.3) is 0 Å². The molecule has 2 aliphatic carbocycles. The van der Waals surface area contributed by atoms with Gasteiger partial charge in [-0.05, 0) is 68.8 Å². The molecule has 62 heavy (non-hydrogen) atoms. The van der Waals surface area contributed by atoms with E-state index in [-0.39, 0.29) is 42.6 Å². The highest BCUT2D eigenvalue weighted by molar-refractivity contribution is 6.36. The van der Waals surface area contributed by atoms with Crippen molar-refractivity contribution in [3.8, 4) is 0 Å². The average Bonchev–Trinajstić information content (AvgIpc) is 3.24. The van der Waals surface area contributed by atoms with E-state index < -0.39 is 114 Å². The predicted octanol–water partition coefficient (Wildman–Crippen LogP) is 1.07. The number of aromatic carboxylic acids is 1. The Morgan fingerprint density at radius 3 is 2.00 bits per heavy atom. The molecule has 1 aromatic heterocycles. The normalized spacial score (nSPS) is 19.5. The van der Waals surface area contributed by atoms with Gasteiger partial charge in [0.25, 0.3) is 11.8 Å². The molecule has 4 rings (SSSR count). The highest BCUT2D eigenvalue weighted by Crippen LogP contribution is 2.30. The lowest BCUT2D eigenvalue weighted by atomic mass is 9.81. The van der Waals surface area contributed by atoms with Crippen molar-refractivity contribution in [2.75, 3.05) is 13.1 Å². The summed E-state index contributed by atoms with van der Waals surface area (Å²) in [6, 6.07) is -5.11. The summed E-state index contributed by atoms with van der Waals surface area (Å²) in [6.07, 6.45) is 9.23. The number of aromatic nitrogens is 1. The fourth-order valence-electron chi connectivity index (χ4n) is 8.56. The van der Waals surface area contributed by atoms with Gasteiger partial charge in [0.05, 0.1) is 17.7 Å². The number of primary amides is 1. The van der Waals surface area contributed by atoms with Gasteiger partial charge in [0, 0.05) is 31.8 Å². The zero-order valence-electron chi connectivity index (χ0n) is 36.1. The number of piperidine rings is 1. The molecular formula is C43H62N8O11. The van der Waals surface area contributed by atoms with Crippen molar-refractivity contribution in [1.82, 2.24) is 36.5 Å². The van der Waals surface area contributed by atoms with Gasteiger partial charge < -0.3 is 42.3 Å². The standard InChI is InChI=1S/C43H62N8O11/c1-5-46-39(58)31(53)19-17-29(47-36(55)27-20-21-45-22-28(27)42(61)62)37(56)50-34(43(2,3)4)41(60)51-23-26(52)16-18-30(51)38(57)49-33(25-14-10-7-11-15-25)40(59)48-32(35(44)54)24-12-8-6-9-13-24/h20-22,24-25,29-30,32-34H,5-19,23H2,1-4H3,(H2,44,54)(H,46,58)(H,47,55)(H,48,59)(H,49,57)(H,50,56)(H,61,62)/t29-,30-,32-,33-,34+/m0/s1. The lowest BCUT2D eigenvalue weighted by Gasteiger charge is -2.41. The van der Waals surface area contributed by atoms with E-state index in [0.717, 1.165) is 68.5 Å². The van der Waals surface area contributed by atoms with Gasteiger partial charge in [-0.1, -0.05) is 59.3 Å². The highest BCUT2D eigenvalue weighted by Gasteiger charge is 2.45. The number of carbonyl (C=O) groups excluding carboxylic acids is 9. The molecule has 3 aliphatic rings. The molecule has 340 valence electrons. The molecule has 19 nitrogen and oxygen atoms in total. The topological polar surface area (TPSA) is 293 Å². The number of nitrogens with two attached hydrogens (primary N) is 1. The second kappa shape index (κ2) is 22.4. The number of nitrogens with one attached hydrogen (secondary N) is 5. The highest BCUT2D eigenvalue weighted by atomic mass is 16.4. The number of carboxylic acid groups (broad SMARTS) is 1. The van der Waals surface area contributed by atoms with E-state index in [1.165, 1.54) is 6.20 Å². The van der Waals surface area contributed by atoms with Crippen LogP contribution in [0.5, 0.6) is 0 Å². The summed E-state index contributed by atoms with van der Waals surface area (Å²) < 4.78 is 0. The fourth-order valence-corrected chi connectivity index (χ4v) is 8.56. The van der Waals surface area contributed by atoms with Gasteiger partial charge in [-0.3, -0.25) is 48.1 Å². The number of hydrogen-bond acceptors (Lipinski definition) is 11. The zero-order chi connectivity index (χ0) is 45.7. The number of nitrogens with zero attached hydrogens (tertiary/aromatic N) is 2. The maximum atomic E-state index is 14.7. The van der Waals surface area contributed by atoms with Crippen LogP contribution in [0.4, 0.5) is 0 Å². The number of carboxylic acids is 1. The minimum Gasteiger partial charge on any atom is -0.478 e. The lowest BCUT2D eigenvalue weighted by Crippen LogP contribution is -2.65. The number of rotatable bonds is 18. The number of ketones is 2. The van der Waals surface area contributed by atoms with E-state index in [9.17, 15) is 53.1 Å². The molecule has 1 saturated heterocycles. The van der Waals surface area contributed by atoms with E-state index in [0.29, 0.717) is 12.8 Å². The van der Waals surface area contributed by atoms with Gasteiger partial charge in [-0.25, -0.2) is 4.79 Å². The van der Waals surface area contributed by atoms with Crippen molar-refractivity contribution in [3.05, 3.63) is 29.6 Å². The van der Waals surface area contributed by atoms with E-state index >= 15 is 0 Å². The summed E-state index contributed by atoms with van der Waals surface area (Å²) in [5, 5.41) is 22.8. The summed E-state index contributed by atoms with van der Waals surface area (Å²) in [7, 11) is 0. The lowest BCUT2D eigenvalue weighted by molar-refractivity contribution is -0.151. The first-order valence-corrected chi connectivity index (χ1v) is 21.7. The van der Waals surface area contributed by atoms with Gasteiger partial charge >= 0.3 is 5.97 Å². The third kappa shape index (κ3) is 13.1. The molecule has 1 aromatic rings. The third-order valence-electron chi connectivity index (χ3n) is 12.0. The Labute approximate surface area is 361 Å². The van der Waals surface area contributed by atoms with Crippen molar-refractivity contribution >= 4 is 58.9 Å².